The molecule has 0 spiro atoms. The van der Waals surface area contributed by atoms with Gasteiger partial charge < -0.3 is 0 Å². The molecule has 2 heteroatoms. The second kappa shape index (κ2) is 5.59. The van der Waals surface area contributed by atoms with Crippen LogP contribution < -0.4 is 0 Å². The third-order valence-corrected chi connectivity index (χ3v) is 2.11. The standard InChI is InChI=1S/C13H11N.Ir/c1-2-11-6-8-12(9-7-11)13-5-3-4-10-14-13;/h2-10H,1H2;. The minimum atomic E-state index is 0. The third kappa shape index (κ3) is 2.85. The Bertz CT molecular complexity index is 420. The summed E-state index contributed by atoms with van der Waals surface area (Å²) in [5.74, 6) is 0. The van der Waals surface area contributed by atoms with E-state index in [0.29, 0.717) is 0 Å². The number of pyridine rings is 1. The molecule has 0 saturated carbocycles. The first-order chi connectivity index (χ1) is 6.90. The van der Waals surface area contributed by atoms with Gasteiger partial charge in [0.15, 0.2) is 0 Å². The Kier molecular flexibility index (Phi) is 4.41. The summed E-state index contributed by atoms with van der Waals surface area (Å²) >= 11 is 0. The predicted octanol–water partition coefficient (Wildman–Crippen LogP) is 3.39. The summed E-state index contributed by atoms with van der Waals surface area (Å²) in [7, 11) is 0. The zero-order valence-corrected chi connectivity index (χ0v) is 10.6. The molecule has 1 aromatic heterocycles. The van der Waals surface area contributed by atoms with Gasteiger partial charge in [-0.3, -0.25) is 4.98 Å². The molecule has 0 aliphatic rings. The van der Waals surface area contributed by atoms with Crippen molar-refractivity contribution in [1.82, 2.24) is 4.98 Å². The van der Waals surface area contributed by atoms with E-state index in [9.17, 15) is 0 Å². The van der Waals surface area contributed by atoms with E-state index in [1.165, 1.54) is 0 Å². The first-order valence-electron chi connectivity index (χ1n) is 4.54. The van der Waals surface area contributed by atoms with Gasteiger partial charge in [-0.05, 0) is 17.7 Å². The number of benzene rings is 1. The molecule has 0 N–H and O–H groups in total. The maximum atomic E-state index is 4.28. The number of aromatic nitrogens is 1. The summed E-state index contributed by atoms with van der Waals surface area (Å²) < 4.78 is 0. The molecule has 1 aromatic carbocycles. The van der Waals surface area contributed by atoms with Crippen molar-refractivity contribution in [2.75, 3.05) is 0 Å². The molecule has 15 heavy (non-hydrogen) atoms. The molecule has 77 valence electrons. The van der Waals surface area contributed by atoms with Crippen molar-refractivity contribution in [3.05, 3.63) is 60.8 Å². The van der Waals surface area contributed by atoms with Gasteiger partial charge >= 0.3 is 0 Å². The van der Waals surface area contributed by atoms with E-state index in [4.69, 9.17) is 0 Å². The van der Waals surface area contributed by atoms with Gasteiger partial charge in [0.2, 0.25) is 0 Å². The van der Waals surface area contributed by atoms with Gasteiger partial charge in [-0.15, -0.1) is 0 Å². The first kappa shape index (κ1) is 11.8. The maximum absolute atomic E-state index is 4.28. The minimum absolute atomic E-state index is 0. The molecule has 0 fully saturated rings. The van der Waals surface area contributed by atoms with Crippen molar-refractivity contribution >= 4 is 6.08 Å². The normalized spacial score (nSPS) is 9.07. The average Bonchev–Trinajstić information content (AvgIpc) is 2.30. The summed E-state index contributed by atoms with van der Waals surface area (Å²) in [6.07, 6.45) is 3.64. The summed E-state index contributed by atoms with van der Waals surface area (Å²) in [5.41, 5.74) is 3.27. The summed E-state index contributed by atoms with van der Waals surface area (Å²) in [5, 5.41) is 0. The van der Waals surface area contributed by atoms with E-state index < -0.39 is 0 Å². The molecule has 1 heterocycles. The monoisotopic (exact) mass is 374 g/mol. The summed E-state index contributed by atoms with van der Waals surface area (Å²) in [6.45, 7) is 3.72. The molecular formula is C13H11IrN. The van der Waals surface area contributed by atoms with E-state index in [0.717, 1.165) is 16.8 Å². The Morgan fingerprint density at radius 3 is 2.27 bits per heavy atom. The quantitative estimate of drug-likeness (QED) is 0.786. The molecule has 0 amide bonds. The third-order valence-electron chi connectivity index (χ3n) is 2.11. The van der Waals surface area contributed by atoms with Crippen LogP contribution in [0.1, 0.15) is 5.56 Å². The van der Waals surface area contributed by atoms with Crippen LogP contribution in [0.5, 0.6) is 0 Å². The van der Waals surface area contributed by atoms with E-state index in [1.807, 2.05) is 36.4 Å². The van der Waals surface area contributed by atoms with Gasteiger partial charge in [0.1, 0.15) is 0 Å². The number of nitrogens with zero attached hydrogens (tertiary/aromatic N) is 1. The van der Waals surface area contributed by atoms with Crippen molar-refractivity contribution in [1.29, 1.82) is 0 Å². The Labute approximate surface area is 103 Å². The summed E-state index contributed by atoms with van der Waals surface area (Å²) in [6, 6.07) is 14.1. The molecule has 1 radical (unpaired) electrons. The molecule has 0 saturated heterocycles. The second-order valence-electron chi connectivity index (χ2n) is 3.04. The molecule has 0 aliphatic heterocycles. The van der Waals surface area contributed by atoms with Crippen LogP contribution in [0.25, 0.3) is 17.3 Å². The Morgan fingerprint density at radius 2 is 1.73 bits per heavy atom. The van der Waals surface area contributed by atoms with Crippen molar-refractivity contribution < 1.29 is 20.1 Å². The van der Waals surface area contributed by atoms with E-state index in [-0.39, 0.29) is 20.1 Å². The van der Waals surface area contributed by atoms with Crippen LogP contribution in [-0.4, -0.2) is 4.98 Å². The van der Waals surface area contributed by atoms with Crippen LogP contribution in [0.2, 0.25) is 0 Å². The van der Waals surface area contributed by atoms with Crippen LogP contribution in [0.3, 0.4) is 0 Å². The topological polar surface area (TPSA) is 12.9 Å². The van der Waals surface area contributed by atoms with Crippen LogP contribution in [0.4, 0.5) is 0 Å². The molecule has 1 nitrogen and oxygen atoms in total. The van der Waals surface area contributed by atoms with Crippen LogP contribution in [0, 0.1) is 0 Å². The molecule has 0 aliphatic carbocycles. The molecule has 0 unspecified atom stereocenters. The van der Waals surface area contributed by atoms with Crippen molar-refractivity contribution in [3.8, 4) is 11.3 Å². The fraction of sp³-hybridized carbons (Fsp3) is 0. The summed E-state index contributed by atoms with van der Waals surface area (Å²) in [4.78, 5) is 4.28. The van der Waals surface area contributed by atoms with E-state index in [1.54, 1.807) is 6.20 Å². The van der Waals surface area contributed by atoms with Gasteiger partial charge in [-0.25, -0.2) is 0 Å². The fourth-order valence-corrected chi connectivity index (χ4v) is 1.32. The molecular weight excluding hydrogens is 362 g/mol. The van der Waals surface area contributed by atoms with E-state index in [2.05, 4.69) is 23.7 Å². The molecule has 0 bridgehead atoms. The smallest absolute Gasteiger partial charge is 0.0701 e. The largest absolute Gasteiger partial charge is 0.256 e. The molecule has 2 rings (SSSR count). The first-order valence-corrected chi connectivity index (χ1v) is 4.54. The van der Waals surface area contributed by atoms with Crippen LogP contribution in [0.15, 0.2) is 55.2 Å². The Hall–Kier alpha value is -1.24. The van der Waals surface area contributed by atoms with Crippen LogP contribution >= 0.6 is 0 Å². The van der Waals surface area contributed by atoms with Crippen molar-refractivity contribution in [2.24, 2.45) is 0 Å². The Morgan fingerprint density at radius 1 is 1.00 bits per heavy atom. The van der Waals surface area contributed by atoms with Gasteiger partial charge in [0.05, 0.1) is 5.69 Å². The van der Waals surface area contributed by atoms with Gasteiger partial charge in [-0.2, -0.15) is 0 Å². The van der Waals surface area contributed by atoms with Crippen molar-refractivity contribution in [3.63, 3.8) is 0 Å². The Balaban J connectivity index is 0.00000112. The van der Waals surface area contributed by atoms with Gasteiger partial charge in [0.25, 0.3) is 0 Å². The van der Waals surface area contributed by atoms with E-state index >= 15 is 0 Å². The number of rotatable bonds is 2. The zero-order valence-electron chi connectivity index (χ0n) is 8.18. The fourth-order valence-electron chi connectivity index (χ4n) is 1.32. The SMILES string of the molecule is C=Cc1ccc(-c2ccccn2)cc1.[Ir]. The maximum Gasteiger partial charge on any atom is 0.0701 e. The average molecular weight is 373 g/mol. The second-order valence-corrected chi connectivity index (χ2v) is 3.04. The number of hydrogen-bond donors (Lipinski definition) is 0. The van der Waals surface area contributed by atoms with Gasteiger partial charge in [0, 0.05) is 31.9 Å². The van der Waals surface area contributed by atoms with Crippen molar-refractivity contribution in [2.45, 2.75) is 0 Å². The molecule has 0 atom stereocenters. The van der Waals surface area contributed by atoms with Crippen LogP contribution in [-0.2, 0) is 20.1 Å². The number of hydrogen-bond acceptors (Lipinski definition) is 1. The molecule has 2 aromatic rings. The zero-order chi connectivity index (χ0) is 9.80. The minimum Gasteiger partial charge on any atom is -0.256 e. The van der Waals surface area contributed by atoms with Gasteiger partial charge in [-0.1, -0.05) is 43.0 Å². The predicted molar refractivity (Wildman–Crippen MR) is 59.8 cm³/mol.